The third kappa shape index (κ3) is 3.80. The average molecular weight is 237 g/mol. The minimum atomic E-state index is -0.887. The molecule has 5 heteroatoms. The standard InChI is InChI=1S/C12H19N3O2/c1-3-15(11(7-13)12(16)17)8-10-6-4-5-9(2)14-10/h4-6,11H,3,7-8,13H2,1-2H3,(H,16,17). The van der Waals surface area contributed by atoms with E-state index < -0.39 is 12.0 Å². The number of pyridine rings is 1. The monoisotopic (exact) mass is 237 g/mol. The summed E-state index contributed by atoms with van der Waals surface area (Å²) >= 11 is 0. The van der Waals surface area contributed by atoms with Gasteiger partial charge in [-0.2, -0.15) is 0 Å². The first-order chi connectivity index (χ1) is 8.08. The first-order valence-electron chi connectivity index (χ1n) is 5.68. The van der Waals surface area contributed by atoms with Gasteiger partial charge in [0.1, 0.15) is 6.04 Å². The van der Waals surface area contributed by atoms with Gasteiger partial charge in [0.15, 0.2) is 0 Å². The molecule has 0 aliphatic rings. The highest BCUT2D eigenvalue weighted by Crippen LogP contribution is 2.07. The van der Waals surface area contributed by atoms with Gasteiger partial charge in [-0.1, -0.05) is 13.0 Å². The van der Waals surface area contributed by atoms with Crippen LogP contribution in [-0.4, -0.2) is 40.1 Å². The van der Waals surface area contributed by atoms with E-state index in [0.717, 1.165) is 11.4 Å². The number of aryl methyl sites for hydroxylation is 1. The van der Waals surface area contributed by atoms with Crippen molar-refractivity contribution in [3.05, 3.63) is 29.6 Å². The van der Waals surface area contributed by atoms with Gasteiger partial charge in [-0.05, 0) is 25.6 Å². The Bertz CT molecular complexity index is 382. The molecule has 1 aromatic heterocycles. The predicted octanol–water partition coefficient (Wildman–Crippen LogP) is 0.624. The SMILES string of the molecule is CCN(Cc1cccc(C)n1)C(CN)C(=O)O. The van der Waals surface area contributed by atoms with E-state index in [0.29, 0.717) is 13.1 Å². The quantitative estimate of drug-likeness (QED) is 0.758. The summed E-state index contributed by atoms with van der Waals surface area (Å²) in [6.45, 7) is 5.07. The lowest BCUT2D eigenvalue weighted by atomic mass is 10.2. The Morgan fingerprint density at radius 2 is 2.29 bits per heavy atom. The highest BCUT2D eigenvalue weighted by Gasteiger charge is 2.23. The van der Waals surface area contributed by atoms with E-state index in [1.165, 1.54) is 0 Å². The molecule has 0 aliphatic heterocycles. The van der Waals surface area contributed by atoms with Crippen molar-refractivity contribution in [2.75, 3.05) is 13.1 Å². The molecule has 1 heterocycles. The molecule has 0 spiro atoms. The zero-order valence-corrected chi connectivity index (χ0v) is 10.3. The molecule has 0 bridgehead atoms. The fourth-order valence-electron chi connectivity index (χ4n) is 1.74. The van der Waals surface area contributed by atoms with Crippen LogP contribution in [-0.2, 0) is 11.3 Å². The summed E-state index contributed by atoms with van der Waals surface area (Å²) in [5.41, 5.74) is 7.29. The Kier molecular flexibility index (Phi) is 5.06. The normalized spacial score (nSPS) is 12.7. The molecule has 1 aromatic rings. The number of carbonyl (C=O) groups is 1. The Balaban J connectivity index is 2.79. The summed E-state index contributed by atoms with van der Waals surface area (Å²) in [7, 11) is 0. The van der Waals surface area contributed by atoms with Crippen LogP contribution in [0.3, 0.4) is 0 Å². The van der Waals surface area contributed by atoms with Crippen LogP contribution >= 0.6 is 0 Å². The molecule has 0 saturated carbocycles. The summed E-state index contributed by atoms with van der Waals surface area (Å²) in [6.07, 6.45) is 0. The molecule has 17 heavy (non-hydrogen) atoms. The van der Waals surface area contributed by atoms with Crippen LogP contribution in [0, 0.1) is 6.92 Å². The highest BCUT2D eigenvalue weighted by atomic mass is 16.4. The van der Waals surface area contributed by atoms with Gasteiger partial charge in [-0.15, -0.1) is 0 Å². The Hall–Kier alpha value is -1.46. The summed E-state index contributed by atoms with van der Waals surface area (Å²) in [5, 5.41) is 9.07. The Morgan fingerprint density at radius 1 is 1.59 bits per heavy atom. The van der Waals surface area contributed by atoms with Crippen LogP contribution in [0.1, 0.15) is 18.3 Å². The molecule has 5 nitrogen and oxygen atoms in total. The predicted molar refractivity (Wildman–Crippen MR) is 65.5 cm³/mol. The molecule has 1 unspecified atom stereocenters. The van der Waals surface area contributed by atoms with E-state index in [-0.39, 0.29) is 6.54 Å². The molecule has 0 radical (unpaired) electrons. The third-order valence-electron chi connectivity index (χ3n) is 2.67. The lowest BCUT2D eigenvalue weighted by Crippen LogP contribution is -2.45. The van der Waals surface area contributed by atoms with Crippen LogP contribution < -0.4 is 5.73 Å². The van der Waals surface area contributed by atoms with Gasteiger partial charge >= 0.3 is 5.97 Å². The van der Waals surface area contributed by atoms with Crippen molar-refractivity contribution in [1.29, 1.82) is 0 Å². The minimum absolute atomic E-state index is 0.106. The number of nitrogens with two attached hydrogens (primary N) is 1. The molecular formula is C12H19N3O2. The molecule has 3 N–H and O–H groups in total. The van der Waals surface area contributed by atoms with Crippen LogP contribution in [0.4, 0.5) is 0 Å². The largest absolute Gasteiger partial charge is 0.480 e. The van der Waals surface area contributed by atoms with Gasteiger partial charge < -0.3 is 10.8 Å². The number of nitrogens with zero attached hydrogens (tertiary/aromatic N) is 2. The fourth-order valence-corrected chi connectivity index (χ4v) is 1.74. The van der Waals surface area contributed by atoms with Crippen LogP contribution in [0.2, 0.25) is 0 Å². The maximum atomic E-state index is 11.0. The van der Waals surface area contributed by atoms with Gasteiger partial charge in [0.2, 0.25) is 0 Å². The van der Waals surface area contributed by atoms with E-state index in [1.54, 1.807) is 0 Å². The molecular weight excluding hydrogens is 218 g/mol. The molecule has 94 valence electrons. The number of aliphatic carboxylic acids is 1. The second-order valence-corrected chi connectivity index (χ2v) is 3.92. The average Bonchev–Trinajstić information content (AvgIpc) is 2.28. The third-order valence-corrected chi connectivity index (χ3v) is 2.67. The van der Waals surface area contributed by atoms with E-state index in [2.05, 4.69) is 4.98 Å². The van der Waals surface area contributed by atoms with Crippen LogP contribution in [0.25, 0.3) is 0 Å². The van der Waals surface area contributed by atoms with Gasteiger partial charge in [0, 0.05) is 18.8 Å². The fraction of sp³-hybridized carbons (Fsp3) is 0.500. The number of rotatable bonds is 6. The van der Waals surface area contributed by atoms with Crippen molar-refractivity contribution in [2.24, 2.45) is 5.73 Å². The van der Waals surface area contributed by atoms with E-state index >= 15 is 0 Å². The van der Waals surface area contributed by atoms with Crippen LogP contribution in [0.15, 0.2) is 18.2 Å². The van der Waals surface area contributed by atoms with Gasteiger partial charge in [-0.3, -0.25) is 14.7 Å². The Labute approximate surface area is 101 Å². The van der Waals surface area contributed by atoms with Gasteiger partial charge in [0.25, 0.3) is 0 Å². The Morgan fingerprint density at radius 3 is 2.76 bits per heavy atom. The van der Waals surface area contributed by atoms with Crippen molar-refractivity contribution in [2.45, 2.75) is 26.4 Å². The maximum Gasteiger partial charge on any atom is 0.322 e. The topological polar surface area (TPSA) is 79.5 Å². The molecule has 1 atom stereocenters. The number of hydrogen-bond donors (Lipinski definition) is 2. The van der Waals surface area contributed by atoms with Gasteiger partial charge in [0.05, 0.1) is 5.69 Å². The summed E-state index contributed by atoms with van der Waals surface area (Å²) < 4.78 is 0. The first kappa shape index (κ1) is 13.6. The second kappa shape index (κ2) is 6.32. The summed E-state index contributed by atoms with van der Waals surface area (Å²) in [5.74, 6) is -0.887. The number of hydrogen-bond acceptors (Lipinski definition) is 4. The molecule has 0 aliphatic carbocycles. The van der Waals surface area contributed by atoms with E-state index in [4.69, 9.17) is 10.8 Å². The molecule has 0 saturated heterocycles. The van der Waals surface area contributed by atoms with Crippen molar-refractivity contribution < 1.29 is 9.90 Å². The number of aromatic nitrogens is 1. The van der Waals surface area contributed by atoms with Crippen LogP contribution in [0.5, 0.6) is 0 Å². The number of likely N-dealkylation sites (N-methyl/N-ethyl adjacent to an activating group) is 1. The first-order valence-corrected chi connectivity index (χ1v) is 5.68. The molecule has 0 amide bonds. The van der Waals surface area contributed by atoms with Crippen molar-refractivity contribution in [1.82, 2.24) is 9.88 Å². The number of carboxylic acids is 1. The maximum absolute atomic E-state index is 11.0. The second-order valence-electron chi connectivity index (χ2n) is 3.92. The van der Waals surface area contributed by atoms with Crippen molar-refractivity contribution in [3.8, 4) is 0 Å². The zero-order chi connectivity index (χ0) is 12.8. The lowest BCUT2D eigenvalue weighted by molar-refractivity contribution is -0.143. The molecule has 1 rings (SSSR count). The van der Waals surface area contributed by atoms with E-state index in [1.807, 2.05) is 36.9 Å². The lowest BCUT2D eigenvalue weighted by Gasteiger charge is -2.26. The summed E-state index contributed by atoms with van der Waals surface area (Å²) in [4.78, 5) is 17.2. The van der Waals surface area contributed by atoms with Gasteiger partial charge in [-0.25, -0.2) is 0 Å². The van der Waals surface area contributed by atoms with E-state index in [9.17, 15) is 4.79 Å². The molecule has 0 aromatic carbocycles. The molecule has 0 fully saturated rings. The summed E-state index contributed by atoms with van der Waals surface area (Å²) in [6, 6.07) is 5.08. The minimum Gasteiger partial charge on any atom is -0.480 e. The highest BCUT2D eigenvalue weighted by molar-refractivity contribution is 5.73. The number of carboxylic acid groups (broad SMARTS) is 1. The zero-order valence-electron chi connectivity index (χ0n) is 10.3. The smallest absolute Gasteiger partial charge is 0.322 e. The van der Waals surface area contributed by atoms with Crippen molar-refractivity contribution in [3.63, 3.8) is 0 Å². The van der Waals surface area contributed by atoms with Crippen molar-refractivity contribution >= 4 is 5.97 Å².